The molecule has 0 saturated heterocycles. The Labute approximate surface area is 203 Å². The van der Waals surface area contributed by atoms with Crippen molar-refractivity contribution in [2.24, 2.45) is 16.2 Å². The van der Waals surface area contributed by atoms with Crippen LogP contribution in [0.1, 0.15) is 48.0 Å². The molecule has 5 N–H and O–H groups in total. The number of nitrogens with two attached hydrogens (primary N) is 2. The van der Waals surface area contributed by atoms with Crippen molar-refractivity contribution >= 4 is 31.9 Å². The van der Waals surface area contributed by atoms with E-state index in [-0.39, 0.29) is 25.0 Å². The standard InChI is InChI=1S/C21H26N6O6S2/c22-34(28,29)32-11-15-9-14(10-20(15)33-35(23,30)31)18-7-8-19-21(24-12-25-27(18)19)26-17-6-5-13-3-1-2-4-16(13)17/h1-4,7-8,12,14-15,17,20H,5-6,9-11H2,(H2,22,28,29)(H2,23,30,31)(H,24,25,26). The normalized spacial score (nSPS) is 24.6. The molecule has 0 aliphatic heterocycles. The number of aromatic nitrogens is 3. The number of benzene rings is 1. The van der Waals surface area contributed by atoms with Gasteiger partial charge in [-0.15, -0.1) is 0 Å². The Hall–Kier alpha value is -2.62. The van der Waals surface area contributed by atoms with Crippen LogP contribution in [0.4, 0.5) is 5.82 Å². The van der Waals surface area contributed by atoms with Crippen LogP contribution in [0.5, 0.6) is 0 Å². The first kappa shape index (κ1) is 24.1. The van der Waals surface area contributed by atoms with Crippen LogP contribution in [0.2, 0.25) is 0 Å². The van der Waals surface area contributed by atoms with Crippen molar-refractivity contribution in [3.05, 3.63) is 59.5 Å². The lowest BCUT2D eigenvalue weighted by molar-refractivity contribution is 0.127. The summed E-state index contributed by atoms with van der Waals surface area (Å²) in [6.45, 7) is -0.318. The smallest absolute Gasteiger partial charge is 0.333 e. The Bertz CT molecular complexity index is 1460. The summed E-state index contributed by atoms with van der Waals surface area (Å²) >= 11 is 0. The van der Waals surface area contributed by atoms with E-state index in [2.05, 4.69) is 27.5 Å². The van der Waals surface area contributed by atoms with Gasteiger partial charge in [0.2, 0.25) is 0 Å². The molecule has 4 atom stereocenters. The van der Waals surface area contributed by atoms with Crippen LogP contribution in [0.15, 0.2) is 42.7 Å². The van der Waals surface area contributed by atoms with E-state index in [0.717, 1.165) is 24.1 Å². The van der Waals surface area contributed by atoms with Gasteiger partial charge in [-0.1, -0.05) is 24.3 Å². The molecule has 35 heavy (non-hydrogen) atoms. The predicted molar refractivity (Wildman–Crippen MR) is 127 cm³/mol. The molecule has 12 nitrogen and oxygen atoms in total. The van der Waals surface area contributed by atoms with Gasteiger partial charge in [0.25, 0.3) is 0 Å². The largest absolute Gasteiger partial charge is 0.361 e. The number of nitrogens with zero attached hydrogens (tertiary/aromatic N) is 3. The van der Waals surface area contributed by atoms with Crippen LogP contribution >= 0.6 is 0 Å². The van der Waals surface area contributed by atoms with E-state index in [9.17, 15) is 16.8 Å². The first-order valence-electron chi connectivity index (χ1n) is 11.1. The number of aryl methyl sites for hydroxylation is 1. The van der Waals surface area contributed by atoms with E-state index < -0.39 is 32.6 Å². The molecule has 0 bridgehead atoms. The third-order valence-electron chi connectivity index (χ3n) is 6.68. The molecule has 14 heteroatoms. The Morgan fingerprint density at radius 1 is 1.06 bits per heavy atom. The zero-order valence-electron chi connectivity index (χ0n) is 18.6. The third kappa shape index (κ3) is 5.32. The van der Waals surface area contributed by atoms with Crippen LogP contribution in [0.3, 0.4) is 0 Å². The maximum absolute atomic E-state index is 11.6. The summed E-state index contributed by atoms with van der Waals surface area (Å²) in [6.07, 6.45) is 3.24. The first-order valence-corrected chi connectivity index (χ1v) is 14.1. The second kappa shape index (κ2) is 9.11. The van der Waals surface area contributed by atoms with Crippen molar-refractivity contribution in [1.82, 2.24) is 14.6 Å². The van der Waals surface area contributed by atoms with Gasteiger partial charge >= 0.3 is 20.6 Å². The minimum atomic E-state index is -4.25. The molecule has 188 valence electrons. The van der Waals surface area contributed by atoms with Crippen molar-refractivity contribution in [1.29, 1.82) is 0 Å². The van der Waals surface area contributed by atoms with Crippen LogP contribution in [-0.2, 0) is 35.4 Å². The fourth-order valence-corrected chi connectivity index (χ4v) is 6.17. The Morgan fingerprint density at radius 3 is 2.63 bits per heavy atom. The van der Waals surface area contributed by atoms with Gasteiger partial charge in [-0.25, -0.2) is 19.8 Å². The SMILES string of the molecule is NS(=O)(=O)OCC1CC(c2ccc3c(NC4CCc5ccccc54)ncnn23)CC1OS(N)(=O)=O. The molecular weight excluding hydrogens is 496 g/mol. The average Bonchev–Trinajstić information content (AvgIpc) is 3.48. The predicted octanol–water partition coefficient (Wildman–Crippen LogP) is 1.13. The van der Waals surface area contributed by atoms with Crippen LogP contribution in [0, 0.1) is 5.92 Å². The van der Waals surface area contributed by atoms with Crippen LogP contribution in [-0.4, -0.2) is 44.1 Å². The highest BCUT2D eigenvalue weighted by atomic mass is 32.2. The summed E-state index contributed by atoms with van der Waals surface area (Å²) in [4.78, 5) is 4.45. The summed E-state index contributed by atoms with van der Waals surface area (Å²) in [5.74, 6) is -0.0534. The van der Waals surface area contributed by atoms with Gasteiger partial charge in [-0.2, -0.15) is 21.9 Å². The third-order valence-corrected chi connectivity index (χ3v) is 7.66. The topological polar surface area (TPSA) is 181 Å². The number of nitrogens with one attached hydrogen (secondary N) is 1. The zero-order valence-corrected chi connectivity index (χ0v) is 20.3. The molecule has 0 radical (unpaired) electrons. The summed E-state index contributed by atoms with van der Waals surface area (Å²) in [5, 5.41) is 18.0. The van der Waals surface area contributed by atoms with E-state index in [1.807, 2.05) is 24.3 Å². The first-order chi connectivity index (χ1) is 16.6. The van der Waals surface area contributed by atoms with Gasteiger partial charge in [0.05, 0.1) is 18.8 Å². The second-order valence-electron chi connectivity index (χ2n) is 8.93. The van der Waals surface area contributed by atoms with Crippen LogP contribution < -0.4 is 15.6 Å². The zero-order chi connectivity index (χ0) is 24.8. The second-order valence-corrected chi connectivity index (χ2v) is 11.3. The fraction of sp³-hybridized carbons (Fsp3) is 0.429. The summed E-state index contributed by atoms with van der Waals surface area (Å²) in [6, 6.07) is 12.3. The molecule has 1 saturated carbocycles. The Kier molecular flexibility index (Phi) is 6.27. The highest BCUT2D eigenvalue weighted by molar-refractivity contribution is 7.84. The lowest BCUT2D eigenvalue weighted by Crippen LogP contribution is -2.30. The van der Waals surface area contributed by atoms with Gasteiger partial charge in [0.15, 0.2) is 5.82 Å². The maximum atomic E-state index is 11.6. The minimum Gasteiger partial charge on any atom is -0.361 e. The number of anilines is 1. The van der Waals surface area contributed by atoms with Gasteiger partial charge in [0, 0.05) is 17.5 Å². The minimum absolute atomic E-state index is 0.141. The number of hydrogen-bond donors (Lipinski definition) is 3. The molecule has 2 aromatic heterocycles. The van der Waals surface area contributed by atoms with E-state index in [0.29, 0.717) is 12.2 Å². The van der Waals surface area contributed by atoms with Crippen molar-refractivity contribution in [3.8, 4) is 0 Å². The molecule has 0 amide bonds. The molecule has 1 fully saturated rings. The molecular formula is C21H26N6O6S2. The van der Waals surface area contributed by atoms with Crippen molar-refractivity contribution in [3.63, 3.8) is 0 Å². The average molecular weight is 523 g/mol. The molecule has 1 aromatic carbocycles. The van der Waals surface area contributed by atoms with Gasteiger partial charge in [-0.05, 0) is 48.9 Å². The number of rotatable bonds is 8. The van der Waals surface area contributed by atoms with E-state index in [4.69, 9.17) is 18.6 Å². The number of fused-ring (bicyclic) bond motifs is 2. The van der Waals surface area contributed by atoms with Crippen molar-refractivity contribution < 1.29 is 25.2 Å². The summed E-state index contributed by atoms with van der Waals surface area (Å²) < 4.78 is 57.2. The summed E-state index contributed by atoms with van der Waals surface area (Å²) in [5.41, 5.74) is 4.18. The van der Waals surface area contributed by atoms with E-state index in [1.165, 1.54) is 17.5 Å². The van der Waals surface area contributed by atoms with Crippen molar-refractivity contribution in [2.75, 3.05) is 11.9 Å². The molecule has 5 rings (SSSR count). The van der Waals surface area contributed by atoms with Crippen molar-refractivity contribution in [2.45, 2.75) is 43.7 Å². The van der Waals surface area contributed by atoms with Gasteiger partial charge < -0.3 is 5.32 Å². The Morgan fingerprint density at radius 2 is 1.86 bits per heavy atom. The van der Waals surface area contributed by atoms with E-state index >= 15 is 0 Å². The molecule has 4 unspecified atom stereocenters. The highest BCUT2D eigenvalue weighted by Gasteiger charge is 2.40. The molecule has 2 aliphatic carbocycles. The maximum Gasteiger partial charge on any atom is 0.333 e. The highest BCUT2D eigenvalue weighted by Crippen LogP contribution is 2.42. The van der Waals surface area contributed by atoms with E-state index in [1.54, 1.807) is 4.52 Å². The molecule has 2 heterocycles. The molecule has 3 aromatic rings. The molecule has 2 aliphatic rings. The van der Waals surface area contributed by atoms with Crippen LogP contribution in [0.25, 0.3) is 5.52 Å². The van der Waals surface area contributed by atoms with Gasteiger partial charge in [-0.3, -0.25) is 8.37 Å². The number of hydrogen-bond acceptors (Lipinski definition) is 9. The summed E-state index contributed by atoms with van der Waals surface area (Å²) in [7, 11) is -8.45. The monoisotopic (exact) mass is 522 g/mol. The Balaban J connectivity index is 1.40. The molecule has 0 spiro atoms. The quantitative estimate of drug-likeness (QED) is 0.390. The lowest BCUT2D eigenvalue weighted by Gasteiger charge is -2.17. The lowest BCUT2D eigenvalue weighted by atomic mass is 10.0. The fourth-order valence-electron chi connectivity index (χ4n) is 5.22. The van der Waals surface area contributed by atoms with Gasteiger partial charge in [0.1, 0.15) is 11.8 Å².